The Balaban J connectivity index is 0.000000221. The Morgan fingerprint density at radius 3 is 2.00 bits per heavy atom. The second-order valence-corrected chi connectivity index (χ2v) is 5.39. The van der Waals surface area contributed by atoms with Gasteiger partial charge in [0.2, 0.25) is 5.56 Å². The topological polar surface area (TPSA) is 107 Å². The van der Waals surface area contributed by atoms with E-state index in [1.165, 1.54) is 55.4 Å². The molecule has 0 radical (unpaired) electrons. The highest BCUT2D eigenvalue weighted by Crippen LogP contribution is 2.06. The van der Waals surface area contributed by atoms with E-state index in [2.05, 4.69) is 14.5 Å². The second-order valence-electron chi connectivity index (χ2n) is 5.39. The maximum atomic E-state index is 11.7. The summed E-state index contributed by atoms with van der Waals surface area (Å²) in [6, 6.07) is 14.6. The minimum atomic E-state index is -0.463. The predicted molar refractivity (Wildman–Crippen MR) is 102 cm³/mol. The van der Waals surface area contributed by atoms with Gasteiger partial charge in [-0.05, 0) is 24.3 Å². The monoisotopic (exact) mass is 382 g/mol. The van der Waals surface area contributed by atoms with Crippen LogP contribution in [0.2, 0.25) is 0 Å². The van der Waals surface area contributed by atoms with Crippen LogP contribution in [0.25, 0.3) is 5.69 Å². The van der Waals surface area contributed by atoms with Crippen LogP contribution in [0, 0.1) is 0 Å². The normalized spacial score (nSPS) is 9.64. The number of hydrogen-bond acceptors (Lipinski definition) is 6. The Hall–Kier alpha value is -3.94. The van der Waals surface area contributed by atoms with Gasteiger partial charge in [0.15, 0.2) is 0 Å². The van der Waals surface area contributed by atoms with Gasteiger partial charge >= 0.3 is 11.9 Å². The molecule has 0 aliphatic carbocycles. The quantitative estimate of drug-likeness (QED) is 0.692. The molecule has 0 amide bonds. The molecule has 0 saturated carbocycles. The van der Waals surface area contributed by atoms with E-state index in [0.717, 1.165) is 0 Å². The largest absolute Gasteiger partial charge is 0.465 e. The number of methoxy groups -OCH3 is 2. The van der Waals surface area contributed by atoms with Crippen LogP contribution < -0.4 is 11.1 Å². The first-order valence-electron chi connectivity index (χ1n) is 8.09. The third-order valence-corrected chi connectivity index (χ3v) is 3.57. The van der Waals surface area contributed by atoms with Crippen molar-refractivity contribution in [2.75, 3.05) is 14.2 Å². The van der Waals surface area contributed by atoms with Crippen LogP contribution in [0.15, 0.2) is 76.6 Å². The SMILES string of the molecule is COC(=O)c1ccc(=O)[nH]c1.COC(=O)c1ccc(=O)n(-c2ccccc2)c1. The molecule has 0 saturated heterocycles. The Bertz CT molecular complexity index is 1050. The lowest BCUT2D eigenvalue weighted by molar-refractivity contribution is 0.0591. The predicted octanol–water partition coefficient (Wildman–Crippen LogP) is 1.79. The smallest absolute Gasteiger partial charge is 0.339 e. The van der Waals surface area contributed by atoms with E-state index < -0.39 is 11.9 Å². The molecule has 0 fully saturated rings. The first-order chi connectivity index (χ1) is 13.5. The summed E-state index contributed by atoms with van der Waals surface area (Å²) in [4.78, 5) is 46.7. The molecule has 0 aliphatic rings. The molecule has 8 nitrogen and oxygen atoms in total. The van der Waals surface area contributed by atoms with Crippen molar-refractivity contribution in [3.05, 3.63) is 98.8 Å². The summed E-state index contributed by atoms with van der Waals surface area (Å²) in [5.41, 5.74) is 0.966. The van der Waals surface area contributed by atoms with Crippen LogP contribution in [-0.2, 0) is 9.47 Å². The fourth-order valence-corrected chi connectivity index (χ4v) is 2.17. The average molecular weight is 382 g/mol. The van der Waals surface area contributed by atoms with Crippen LogP contribution in [0.4, 0.5) is 0 Å². The number of nitrogens with zero attached hydrogens (tertiary/aromatic N) is 1. The van der Waals surface area contributed by atoms with Gasteiger partial charge in [0.25, 0.3) is 5.56 Å². The third-order valence-electron chi connectivity index (χ3n) is 3.57. The molecular formula is C20H18N2O6. The van der Waals surface area contributed by atoms with Gasteiger partial charge in [0.1, 0.15) is 0 Å². The van der Waals surface area contributed by atoms with Gasteiger partial charge < -0.3 is 14.5 Å². The highest BCUT2D eigenvalue weighted by molar-refractivity contribution is 5.89. The molecule has 144 valence electrons. The molecule has 0 spiro atoms. The summed E-state index contributed by atoms with van der Waals surface area (Å²) in [7, 11) is 2.59. The highest BCUT2D eigenvalue weighted by atomic mass is 16.5. The number of nitrogens with one attached hydrogen (secondary N) is 1. The first-order valence-corrected chi connectivity index (χ1v) is 8.09. The number of para-hydroxylation sites is 1. The zero-order valence-electron chi connectivity index (χ0n) is 15.2. The molecule has 2 heterocycles. The summed E-state index contributed by atoms with van der Waals surface area (Å²) in [5.74, 6) is -0.920. The second kappa shape index (κ2) is 9.67. The van der Waals surface area contributed by atoms with Gasteiger partial charge in [-0.25, -0.2) is 9.59 Å². The van der Waals surface area contributed by atoms with Gasteiger partial charge in [-0.3, -0.25) is 14.2 Å². The molecule has 0 unspecified atom stereocenters. The lowest BCUT2D eigenvalue weighted by atomic mass is 10.2. The van der Waals surface area contributed by atoms with Crippen molar-refractivity contribution >= 4 is 11.9 Å². The van der Waals surface area contributed by atoms with E-state index in [9.17, 15) is 19.2 Å². The number of aromatic amines is 1. The van der Waals surface area contributed by atoms with Crippen molar-refractivity contribution in [2.24, 2.45) is 0 Å². The summed E-state index contributed by atoms with van der Waals surface area (Å²) in [6.45, 7) is 0. The fourth-order valence-electron chi connectivity index (χ4n) is 2.17. The molecule has 28 heavy (non-hydrogen) atoms. The summed E-state index contributed by atoms with van der Waals surface area (Å²) >= 11 is 0. The lowest BCUT2D eigenvalue weighted by Crippen LogP contribution is -2.18. The van der Waals surface area contributed by atoms with Gasteiger partial charge in [0.05, 0.1) is 25.3 Å². The number of rotatable bonds is 3. The van der Waals surface area contributed by atoms with Gasteiger partial charge in [0, 0.05) is 30.2 Å². The van der Waals surface area contributed by atoms with E-state index in [-0.39, 0.29) is 11.1 Å². The van der Waals surface area contributed by atoms with Crippen LogP contribution in [-0.4, -0.2) is 35.7 Å². The van der Waals surface area contributed by atoms with Crippen LogP contribution in [0.1, 0.15) is 20.7 Å². The molecule has 0 bridgehead atoms. The minimum absolute atomic E-state index is 0.191. The molecule has 3 aromatic rings. The van der Waals surface area contributed by atoms with Crippen LogP contribution >= 0.6 is 0 Å². The lowest BCUT2D eigenvalue weighted by Gasteiger charge is -2.06. The number of aromatic nitrogens is 2. The third kappa shape index (κ3) is 5.28. The first kappa shape index (κ1) is 20.4. The molecular weight excluding hydrogens is 364 g/mol. The van der Waals surface area contributed by atoms with E-state index in [1.807, 2.05) is 18.2 Å². The molecule has 0 aliphatic heterocycles. The standard InChI is InChI=1S/C13H11NO3.C7H7NO3/c1-17-13(16)10-7-8-12(15)14(9-10)11-5-3-2-4-6-11;1-11-7(10)5-2-3-6(9)8-4-5/h2-9H,1H3;2-4H,1H3,(H,8,9). The summed E-state index contributed by atoms with van der Waals surface area (Å²) in [6.07, 6.45) is 2.79. The van der Waals surface area contributed by atoms with Crippen molar-refractivity contribution in [2.45, 2.75) is 0 Å². The van der Waals surface area contributed by atoms with Crippen LogP contribution in [0.3, 0.4) is 0 Å². The van der Waals surface area contributed by atoms with Gasteiger partial charge in [-0.1, -0.05) is 18.2 Å². The number of carbonyl (C=O) groups excluding carboxylic acids is 2. The molecule has 1 aromatic carbocycles. The van der Waals surface area contributed by atoms with Gasteiger partial charge in [-0.2, -0.15) is 0 Å². The highest BCUT2D eigenvalue weighted by Gasteiger charge is 2.08. The number of H-pyrrole nitrogens is 1. The maximum absolute atomic E-state index is 11.7. The zero-order valence-corrected chi connectivity index (χ0v) is 15.2. The van der Waals surface area contributed by atoms with E-state index >= 15 is 0 Å². The molecule has 0 atom stereocenters. The molecule has 3 rings (SSSR count). The van der Waals surface area contributed by atoms with E-state index in [4.69, 9.17) is 0 Å². The molecule has 2 aromatic heterocycles. The number of benzene rings is 1. The average Bonchev–Trinajstić information content (AvgIpc) is 2.74. The number of carbonyl (C=O) groups is 2. The molecule has 1 N–H and O–H groups in total. The Morgan fingerprint density at radius 1 is 0.821 bits per heavy atom. The summed E-state index contributed by atoms with van der Waals surface area (Å²) in [5, 5.41) is 0. The van der Waals surface area contributed by atoms with Crippen molar-refractivity contribution in [1.29, 1.82) is 0 Å². The minimum Gasteiger partial charge on any atom is -0.465 e. The molecule has 8 heteroatoms. The summed E-state index contributed by atoms with van der Waals surface area (Å²) < 4.78 is 10.4. The van der Waals surface area contributed by atoms with Crippen molar-refractivity contribution < 1.29 is 19.1 Å². The number of esters is 2. The van der Waals surface area contributed by atoms with E-state index in [1.54, 1.807) is 12.1 Å². The zero-order chi connectivity index (χ0) is 20.5. The van der Waals surface area contributed by atoms with Crippen LogP contribution in [0.5, 0.6) is 0 Å². The van der Waals surface area contributed by atoms with Crippen molar-refractivity contribution in [3.8, 4) is 5.69 Å². The number of pyridine rings is 2. The maximum Gasteiger partial charge on any atom is 0.339 e. The Kier molecular flexibility index (Phi) is 7.04. The van der Waals surface area contributed by atoms with Crippen molar-refractivity contribution in [1.82, 2.24) is 9.55 Å². The Morgan fingerprint density at radius 2 is 1.43 bits per heavy atom. The number of hydrogen-bond donors (Lipinski definition) is 1. The Labute approximate surface area is 160 Å². The fraction of sp³-hybridized carbons (Fsp3) is 0.100. The van der Waals surface area contributed by atoms with E-state index in [0.29, 0.717) is 16.8 Å². The van der Waals surface area contributed by atoms with Crippen molar-refractivity contribution in [3.63, 3.8) is 0 Å². The number of ether oxygens (including phenoxy) is 2. The van der Waals surface area contributed by atoms with Gasteiger partial charge in [-0.15, -0.1) is 0 Å².